The topological polar surface area (TPSA) is 12.0 Å². The first-order valence-corrected chi connectivity index (χ1v) is 9.43. The highest BCUT2D eigenvalue weighted by Gasteiger charge is 2.10. The lowest BCUT2D eigenvalue weighted by atomic mass is 9.90. The summed E-state index contributed by atoms with van der Waals surface area (Å²) < 4.78 is 0. The van der Waals surface area contributed by atoms with Gasteiger partial charge in [0.15, 0.2) is 0 Å². The molecule has 0 heterocycles. The maximum atomic E-state index is 3.47. The lowest BCUT2D eigenvalue weighted by Crippen LogP contribution is -2.24. The minimum absolute atomic E-state index is 0.827. The fourth-order valence-corrected chi connectivity index (χ4v) is 2.81. The third kappa shape index (κ3) is 13.0. The van der Waals surface area contributed by atoms with Gasteiger partial charge in [-0.25, -0.2) is 0 Å². The summed E-state index contributed by atoms with van der Waals surface area (Å²) in [5, 5.41) is 3.47. The fraction of sp³-hybridized carbons (Fsp3) is 1.00. The first kappa shape index (κ1) is 20.0. The number of nitrogens with one attached hydrogen (secondary N) is 1. The van der Waals surface area contributed by atoms with E-state index in [-0.39, 0.29) is 0 Å². The Morgan fingerprint density at radius 2 is 1.15 bits per heavy atom. The Kier molecular flexibility index (Phi) is 15.3. The van der Waals surface area contributed by atoms with Crippen LogP contribution in [0.25, 0.3) is 0 Å². The smallest absolute Gasteiger partial charge is 0.00207 e. The first-order valence-electron chi connectivity index (χ1n) is 9.43. The predicted octanol–water partition coefficient (Wildman–Crippen LogP) is 6.18. The lowest BCUT2D eigenvalue weighted by Gasteiger charge is -2.20. The molecule has 1 nitrogen and oxygen atoms in total. The van der Waals surface area contributed by atoms with Gasteiger partial charge in [-0.1, -0.05) is 98.3 Å². The molecule has 0 aromatic rings. The van der Waals surface area contributed by atoms with E-state index in [1.54, 1.807) is 0 Å². The molecule has 0 aliphatic rings. The van der Waals surface area contributed by atoms with Crippen LogP contribution in [0.4, 0.5) is 0 Å². The third-order valence-electron chi connectivity index (χ3n) is 4.70. The van der Waals surface area contributed by atoms with Crippen molar-refractivity contribution in [2.75, 3.05) is 13.1 Å². The van der Waals surface area contributed by atoms with Gasteiger partial charge in [-0.3, -0.25) is 0 Å². The van der Waals surface area contributed by atoms with E-state index in [4.69, 9.17) is 0 Å². The maximum Gasteiger partial charge on any atom is -0.00207 e. The van der Waals surface area contributed by atoms with Gasteiger partial charge >= 0.3 is 0 Å². The number of unbranched alkanes of at least 4 members (excludes halogenated alkanes) is 9. The molecule has 1 N–H and O–H groups in total. The number of hydrogen-bond acceptors (Lipinski definition) is 1. The molecule has 0 spiro atoms. The van der Waals surface area contributed by atoms with Crippen molar-refractivity contribution in [3.8, 4) is 0 Å². The Labute approximate surface area is 129 Å². The Balaban J connectivity index is 3.22. The van der Waals surface area contributed by atoms with Gasteiger partial charge in [0.05, 0.1) is 0 Å². The molecule has 0 amide bonds. The molecule has 0 saturated heterocycles. The van der Waals surface area contributed by atoms with Gasteiger partial charge in [0.1, 0.15) is 0 Å². The average molecular weight is 284 g/mol. The molecule has 2 unspecified atom stereocenters. The van der Waals surface area contributed by atoms with E-state index < -0.39 is 0 Å². The molecule has 0 fully saturated rings. The van der Waals surface area contributed by atoms with Gasteiger partial charge in [-0.2, -0.15) is 0 Å². The van der Waals surface area contributed by atoms with Gasteiger partial charge in [-0.15, -0.1) is 0 Å². The van der Waals surface area contributed by atoms with E-state index in [2.05, 4.69) is 33.0 Å². The van der Waals surface area contributed by atoms with Crippen molar-refractivity contribution in [1.82, 2.24) is 5.32 Å². The number of hydrogen-bond donors (Lipinski definition) is 1. The molecule has 0 aromatic carbocycles. The summed E-state index contributed by atoms with van der Waals surface area (Å²) in [6.45, 7) is 11.6. The molecule has 0 bridgehead atoms. The normalized spacial score (nSPS) is 14.4. The Bertz CT molecular complexity index is 179. The second kappa shape index (κ2) is 15.4. The Morgan fingerprint density at radius 3 is 1.65 bits per heavy atom. The van der Waals surface area contributed by atoms with Crippen LogP contribution in [0, 0.1) is 11.8 Å². The summed E-state index contributed by atoms with van der Waals surface area (Å²) in [7, 11) is 0. The zero-order chi connectivity index (χ0) is 15.1. The van der Waals surface area contributed by atoms with Crippen LogP contribution in [0.15, 0.2) is 0 Å². The zero-order valence-electron chi connectivity index (χ0n) is 14.8. The SMILES string of the molecule is CCCCCCCCCCCCC(C)C(C)CNCC. The fourth-order valence-electron chi connectivity index (χ4n) is 2.81. The van der Waals surface area contributed by atoms with E-state index >= 15 is 0 Å². The van der Waals surface area contributed by atoms with Crippen LogP contribution < -0.4 is 5.32 Å². The van der Waals surface area contributed by atoms with Gasteiger partial charge in [-0.05, 0) is 24.9 Å². The molecular formula is C19H41N. The minimum Gasteiger partial charge on any atom is -0.317 e. The van der Waals surface area contributed by atoms with Gasteiger partial charge in [0, 0.05) is 0 Å². The molecular weight excluding hydrogens is 242 g/mol. The quantitative estimate of drug-likeness (QED) is 0.354. The summed E-state index contributed by atoms with van der Waals surface area (Å²) in [5.41, 5.74) is 0. The van der Waals surface area contributed by atoms with E-state index in [9.17, 15) is 0 Å². The van der Waals surface area contributed by atoms with Crippen molar-refractivity contribution >= 4 is 0 Å². The van der Waals surface area contributed by atoms with Gasteiger partial charge < -0.3 is 5.32 Å². The molecule has 20 heavy (non-hydrogen) atoms. The molecule has 0 radical (unpaired) electrons. The van der Waals surface area contributed by atoms with Gasteiger partial charge in [0.2, 0.25) is 0 Å². The van der Waals surface area contributed by atoms with Crippen LogP contribution in [0.5, 0.6) is 0 Å². The molecule has 0 aromatic heterocycles. The summed E-state index contributed by atoms with van der Waals surface area (Å²) in [6, 6.07) is 0. The third-order valence-corrected chi connectivity index (χ3v) is 4.70. The Hall–Kier alpha value is -0.0400. The van der Waals surface area contributed by atoms with E-state index in [0.717, 1.165) is 18.4 Å². The van der Waals surface area contributed by atoms with Crippen LogP contribution in [0.1, 0.15) is 98.3 Å². The van der Waals surface area contributed by atoms with Crippen molar-refractivity contribution in [3.63, 3.8) is 0 Å². The highest BCUT2D eigenvalue weighted by atomic mass is 14.8. The molecule has 0 rings (SSSR count). The van der Waals surface area contributed by atoms with Crippen LogP contribution >= 0.6 is 0 Å². The largest absolute Gasteiger partial charge is 0.317 e. The van der Waals surface area contributed by atoms with E-state index in [1.165, 1.54) is 77.2 Å². The second-order valence-corrected chi connectivity index (χ2v) is 6.73. The lowest BCUT2D eigenvalue weighted by molar-refractivity contribution is 0.338. The molecule has 0 aliphatic carbocycles. The standard InChI is InChI=1S/C19H41N/c1-5-7-8-9-10-11-12-13-14-15-16-18(3)19(4)17-20-6-2/h18-20H,5-17H2,1-4H3. The highest BCUT2D eigenvalue weighted by molar-refractivity contribution is 4.64. The van der Waals surface area contributed by atoms with Crippen molar-refractivity contribution in [1.29, 1.82) is 0 Å². The van der Waals surface area contributed by atoms with Crippen LogP contribution in [0.3, 0.4) is 0 Å². The summed E-state index contributed by atoms with van der Waals surface area (Å²) in [6.07, 6.45) is 15.9. The predicted molar refractivity (Wildman–Crippen MR) is 93.3 cm³/mol. The summed E-state index contributed by atoms with van der Waals surface area (Å²) in [4.78, 5) is 0. The van der Waals surface area contributed by atoms with Crippen LogP contribution in [-0.2, 0) is 0 Å². The van der Waals surface area contributed by atoms with Crippen LogP contribution in [0.2, 0.25) is 0 Å². The second-order valence-electron chi connectivity index (χ2n) is 6.73. The van der Waals surface area contributed by atoms with Crippen molar-refractivity contribution in [2.24, 2.45) is 11.8 Å². The van der Waals surface area contributed by atoms with Crippen molar-refractivity contribution in [2.45, 2.75) is 98.3 Å². The van der Waals surface area contributed by atoms with E-state index in [1.807, 2.05) is 0 Å². The molecule has 2 atom stereocenters. The van der Waals surface area contributed by atoms with Crippen LogP contribution in [-0.4, -0.2) is 13.1 Å². The van der Waals surface area contributed by atoms with Gasteiger partial charge in [0.25, 0.3) is 0 Å². The molecule has 0 saturated carbocycles. The molecule has 0 aliphatic heterocycles. The van der Waals surface area contributed by atoms with Crippen molar-refractivity contribution < 1.29 is 0 Å². The van der Waals surface area contributed by atoms with Crippen molar-refractivity contribution in [3.05, 3.63) is 0 Å². The Morgan fingerprint density at radius 1 is 0.650 bits per heavy atom. The molecule has 1 heteroatoms. The molecule has 122 valence electrons. The average Bonchev–Trinajstić information content (AvgIpc) is 2.46. The highest BCUT2D eigenvalue weighted by Crippen LogP contribution is 2.19. The zero-order valence-corrected chi connectivity index (χ0v) is 14.8. The summed E-state index contributed by atoms with van der Waals surface area (Å²) in [5.74, 6) is 1.71. The maximum absolute atomic E-state index is 3.47. The summed E-state index contributed by atoms with van der Waals surface area (Å²) >= 11 is 0. The number of rotatable bonds is 15. The monoisotopic (exact) mass is 283 g/mol. The van der Waals surface area contributed by atoms with E-state index in [0.29, 0.717) is 0 Å². The minimum atomic E-state index is 0.827. The first-order chi connectivity index (χ1) is 9.72.